The summed E-state index contributed by atoms with van der Waals surface area (Å²) >= 11 is 6.28. The average molecular weight is 397 g/mol. The Hall–Kier alpha value is -2.97. The molecule has 0 aliphatic carbocycles. The van der Waals surface area contributed by atoms with E-state index in [1.54, 1.807) is 6.33 Å². The topological polar surface area (TPSA) is 83.8 Å². The fraction of sp³-hybridized carbons (Fsp3) is 0.263. The molecule has 3 aromatic heterocycles. The van der Waals surface area contributed by atoms with Crippen molar-refractivity contribution in [3.63, 3.8) is 0 Å². The lowest BCUT2D eigenvalue weighted by atomic mass is 10.1. The molecule has 0 saturated carbocycles. The Morgan fingerprint density at radius 1 is 1.21 bits per heavy atom. The van der Waals surface area contributed by atoms with Gasteiger partial charge in [0.1, 0.15) is 29.2 Å². The molecule has 0 radical (unpaired) electrons. The third kappa shape index (κ3) is 2.64. The van der Waals surface area contributed by atoms with Crippen LogP contribution in [0.15, 0.2) is 35.1 Å². The lowest BCUT2D eigenvalue weighted by Gasteiger charge is -2.10. The van der Waals surface area contributed by atoms with Crippen LogP contribution < -0.4 is 0 Å². The summed E-state index contributed by atoms with van der Waals surface area (Å²) in [4.78, 5) is 4.62. The van der Waals surface area contributed by atoms with Crippen molar-refractivity contribution in [2.45, 2.75) is 26.9 Å². The molecule has 9 heteroatoms. The van der Waals surface area contributed by atoms with Crippen molar-refractivity contribution in [2.24, 2.45) is 0 Å². The largest absolute Gasteiger partial charge is 0.375 e. The summed E-state index contributed by atoms with van der Waals surface area (Å²) in [5, 5.41) is 13.5. The third-order valence-electron chi connectivity index (χ3n) is 4.78. The number of ether oxygens (including phenoxy) is 1. The Labute approximate surface area is 165 Å². The Kier molecular flexibility index (Phi) is 4.03. The zero-order valence-electron chi connectivity index (χ0n) is 15.4. The molecule has 5 rings (SSSR count). The Bertz CT molecular complexity index is 1180. The second kappa shape index (κ2) is 6.57. The number of nitrogens with zero attached hydrogens (tertiary/aromatic N) is 6. The van der Waals surface area contributed by atoms with Crippen molar-refractivity contribution >= 4 is 11.6 Å². The van der Waals surface area contributed by atoms with Crippen molar-refractivity contribution in [1.29, 1.82) is 0 Å². The lowest BCUT2D eigenvalue weighted by molar-refractivity contribution is 0.130. The van der Waals surface area contributed by atoms with Gasteiger partial charge in [-0.25, -0.2) is 9.67 Å². The standard InChI is InChI=1S/C19H17ClN6O2/c1-3-27-9-14-16-8-18-19(13-6-11(2)28-23-13)21-10-25(18)15-5-4-12(20)7-17(15)26(16)24-22-14/h4-7,10H,3,8-9H2,1-2H3. The van der Waals surface area contributed by atoms with Gasteiger partial charge in [0.25, 0.3) is 0 Å². The minimum absolute atomic E-state index is 0.397. The van der Waals surface area contributed by atoms with E-state index in [9.17, 15) is 0 Å². The van der Waals surface area contributed by atoms with E-state index < -0.39 is 0 Å². The molecular weight excluding hydrogens is 380 g/mol. The molecule has 0 unspecified atom stereocenters. The van der Waals surface area contributed by atoms with Crippen molar-refractivity contribution in [1.82, 2.24) is 29.7 Å². The van der Waals surface area contributed by atoms with Crippen LogP contribution in [-0.2, 0) is 17.8 Å². The Morgan fingerprint density at radius 3 is 2.89 bits per heavy atom. The highest BCUT2D eigenvalue weighted by molar-refractivity contribution is 6.30. The first-order chi connectivity index (χ1) is 13.7. The summed E-state index contributed by atoms with van der Waals surface area (Å²) in [6, 6.07) is 7.58. The quantitative estimate of drug-likeness (QED) is 0.462. The predicted molar refractivity (Wildman–Crippen MR) is 102 cm³/mol. The molecule has 0 amide bonds. The van der Waals surface area contributed by atoms with Crippen molar-refractivity contribution in [3.8, 4) is 22.8 Å². The van der Waals surface area contributed by atoms with Gasteiger partial charge in [-0.2, -0.15) is 0 Å². The summed E-state index contributed by atoms with van der Waals surface area (Å²) in [5.41, 5.74) is 5.96. The molecule has 0 atom stereocenters. The Morgan fingerprint density at radius 2 is 2.11 bits per heavy atom. The third-order valence-corrected chi connectivity index (χ3v) is 5.02. The van der Waals surface area contributed by atoms with Crippen LogP contribution in [0.1, 0.15) is 29.8 Å². The molecule has 1 aromatic carbocycles. The van der Waals surface area contributed by atoms with Gasteiger partial charge in [-0.15, -0.1) is 5.10 Å². The Balaban J connectivity index is 1.75. The average Bonchev–Trinajstić information content (AvgIpc) is 3.38. The summed E-state index contributed by atoms with van der Waals surface area (Å²) < 4.78 is 14.7. The van der Waals surface area contributed by atoms with E-state index in [2.05, 4.69) is 20.5 Å². The van der Waals surface area contributed by atoms with Crippen LogP contribution in [0.2, 0.25) is 5.02 Å². The van der Waals surface area contributed by atoms with Crippen LogP contribution in [0, 0.1) is 6.92 Å². The maximum Gasteiger partial charge on any atom is 0.134 e. The maximum atomic E-state index is 6.28. The van der Waals surface area contributed by atoms with Crippen molar-refractivity contribution < 1.29 is 9.26 Å². The van der Waals surface area contributed by atoms with E-state index in [-0.39, 0.29) is 0 Å². The number of halogens is 1. The number of fused-ring (bicyclic) bond motifs is 5. The van der Waals surface area contributed by atoms with Gasteiger partial charge < -0.3 is 9.26 Å². The molecular formula is C19H17ClN6O2. The molecule has 0 saturated heterocycles. The van der Waals surface area contributed by atoms with Gasteiger partial charge in [0, 0.05) is 24.1 Å². The molecule has 0 fully saturated rings. The monoisotopic (exact) mass is 396 g/mol. The van der Waals surface area contributed by atoms with Crippen molar-refractivity contribution in [2.75, 3.05) is 6.61 Å². The minimum Gasteiger partial charge on any atom is -0.375 e. The molecule has 4 aromatic rings. The smallest absolute Gasteiger partial charge is 0.134 e. The number of aromatic nitrogens is 6. The van der Waals surface area contributed by atoms with E-state index >= 15 is 0 Å². The molecule has 28 heavy (non-hydrogen) atoms. The summed E-state index contributed by atoms with van der Waals surface area (Å²) in [6.07, 6.45) is 2.37. The zero-order chi connectivity index (χ0) is 19.3. The number of hydrogen-bond donors (Lipinski definition) is 0. The highest BCUT2D eigenvalue weighted by Gasteiger charge is 2.27. The van der Waals surface area contributed by atoms with Gasteiger partial charge in [-0.3, -0.25) is 4.57 Å². The second-order valence-corrected chi connectivity index (χ2v) is 7.01. The molecule has 0 bridgehead atoms. The summed E-state index contributed by atoms with van der Waals surface area (Å²) in [7, 11) is 0. The van der Waals surface area contributed by atoms with Crippen LogP contribution >= 0.6 is 11.6 Å². The molecule has 4 heterocycles. The molecule has 0 N–H and O–H groups in total. The molecule has 1 aliphatic heterocycles. The SMILES string of the molecule is CCOCc1nnn2c1Cc1c(-c3cc(C)on3)ncn1-c1ccc(Cl)cc1-2. The van der Waals surface area contributed by atoms with E-state index in [0.717, 1.165) is 39.9 Å². The van der Waals surface area contributed by atoms with Gasteiger partial charge in [-0.1, -0.05) is 22.0 Å². The normalized spacial score (nSPS) is 12.4. The van der Waals surface area contributed by atoms with E-state index in [1.807, 2.05) is 47.4 Å². The van der Waals surface area contributed by atoms with Crippen LogP contribution in [0.4, 0.5) is 0 Å². The number of rotatable bonds is 4. The lowest BCUT2D eigenvalue weighted by Crippen LogP contribution is -2.04. The molecule has 8 nitrogen and oxygen atoms in total. The fourth-order valence-corrected chi connectivity index (χ4v) is 3.65. The number of benzene rings is 1. The van der Waals surface area contributed by atoms with Crippen LogP contribution in [-0.4, -0.2) is 36.3 Å². The van der Waals surface area contributed by atoms with Gasteiger partial charge in [0.15, 0.2) is 0 Å². The van der Waals surface area contributed by atoms with Crippen molar-refractivity contribution in [3.05, 3.63) is 58.5 Å². The minimum atomic E-state index is 0.397. The summed E-state index contributed by atoms with van der Waals surface area (Å²) in [6.45, 7) is 4.82. The maximum absolute atomic E-state index is 6.28. The highest BCUT2D eigenvalue weighted by atomic mass is 35.5. The van der Waals surface area contributed by atoms with Gasteiger partial charge in [-0.05, 0) is 32.0 Å². The van der Waals surface area contributed by atoms with Gasteiger partial charge in [0.05, 0.1) is 29.4 Å². The van der Waals surface area contributed by atoms with E-state index in [1.165, 1.54) is 0 Å². The summed E-state index contributed by atoms with van der Waals surface area (Å²) in [5.74, 6) is 0.737. The van der Waals surface area contributed by atoms with Crippen LogP contribution in [0.3, 0.4) is 0 Å². The highest BCUT2D eigenvalue weighted by Crippen LogP contribution is 2.34. The molecule has 0 spiro atoms. The number of imidazole rings is 1. The zero-order valence-corrected chi connectivity index (χ0v) is 16.1. The molecule has 1 aliphatic rings. The second-order valence-electron chi connectivity index (χ2n) is 6.57. The number of hydrogen-bond acceptors (Lipinski definition) is 6. The first-order valence-electron chi connectivity index (χ1n) is 8.97. The first-order valence-corrected chi connectivity index (χ1v) is 9.35. The molecule has 142 valence electrons. The van der Waals surface area contributed by atoms with E-state index in [0.29, 0.717) is 30.4 Å². The van der Waals surface area contributed by atoms with Crippen LogP contribution in [0.25, 0.3) is 22.8 Å². The first kappa shape index (κ1) is 17.2. The van der Waals surface area contributed by atoms with Crippen LogP contribution in [0.5, 0.6) is 0 Å². The fourth-order valence-electron chi connectivity index (χ4n) is 3.48. The predicted octanol–water partition coefficient (Wildman–Crippen LogP) is 3.51. The van der Waals surface area contributed by atoms with E-state index in [4.69, 9.17) is 20.9 Å². The number of aryl methyl sites for hydroxylation is 1. The van der Waals surface area contributed by atoms with Gasteiger partial charge in [0.2, 0.25) is 0 Å². The van der Waals surface area contributed by atoms with Gasteiger partial charge >= 0.3 is 0 Å².